The Hall–Kier alpha value is -0.920. The SMILES string of the molecule is CC1(C)O[C@H]2O[C@H]([C@H]3COC(C)(C)O3)[C@H](O[P+](=O)c3ccccc3)[C@@H]2O1. The van der Waals surface area contributed by atoms with Crippen LogP contribution < -0.4 is 5.30 Å². The molecular weight excluding hydrogens is 359 g/mol. The third kappa shape index (κ3) is 3.58. The minimum absolute atomic E-state index is 0.352. The van der Waals surface area contributed by atoms with Crippen LogP contribution in [0.15, 0.2) is 30.3 Å². The molecule has 26 heavy (non-hydrogen) atoms. The van der Waals surface area contributed by atoms with Crippen molar-refractivity contribution in [2.45, 2.75) is 70.0 Å². The minimum Gasteiger partial charge on any atom is -0.348 e. The van der Waals surface area contributed by atoms with Crippen LogP contribution in [0.3, 0.4) is 0 Å². The highest BCUT2D eigenvalue weighted by molar-refractivity contribution is 7.48. The van der Waals surface area contributed by atoms with E-state index in [0.29, 0.717) is 11.9 Å². The highest BCUT2D eigenvalue weighted by Gasteiger charge is 2.61. The van der Waals surface area contributed by atoms with Crippen LogP contribution in [0, 0.1) is 0 Å². The first-order valence-electron chi connectivity index (χ1n) is 8.76. The van der Waals surface area contributed by atoms with Crippen molar-refractivity contribution in [3.63, 3.8) is 0 Å². The van der Waals surface area contributed by atoms with Crippen LogP contribution in [0.4, 0.5) is 0 Å². The summed E-state index contributed by atoms with van der Waals surface area (Å²) in [5.74, 6) is -1.48. The van der Waals surface area contributed by atoms with E-state index >= 15 is 0 Å². The molecule has 1 aromatic carbocycles. The molecule has 3 fully saturated rings. The van der Waals surface area contributed by atoms with Gasteiger partial charge in [-0.05, 0) is 44.4 Å². The standard InChI is InChI=1S/C18H24O7P/c1-17(2)20-10-12(22-17)13-14(15-16(21-13)24-18(3,4)23-15)25-26(19)11-8-6-5-7-9-11/h5-9,12-16H,10H2,1-4H3/q+1/t12-,13-,14+,15+,16-/m1/s1. The number of fused-ring (bicyclic) bond motifs is 1. The van der Waals surface area contributed by atoms with Gasteiger partial charge in [-0.15, -0.1) is 4.52 Å². The Bertz CT molecular complexity index is 677. The third-order valence-corrected chi connectivity index (χ3v) is 5.76. The van der Waals surface area contributed by atoms with Crippen LogP contribution >= 0.6 is 8.03 Å². The van der Waals surface area contributed by atoms with Gasteiger partial charge in [-0.3, -0.25) is 0 Å². The Balaban J connectivity index is 1.55. The molecule has 0 saturated carbocycles. The lowest BCUT2D eigenvalue weighted by molar-refractivity contribution is -0.230. The second-order valence-electron chi connectivity index (χ2n) is 7.60. The van der Waals surface area contributed by atoms with E-state index in [9.17, 15) is 4.57 Å². The van der Waals surface area contributed by atoms with Crippen molar-refractivity contribution in [1.29, 1.82) is 0 Å². The molecule has 4 rings (SSSR count). The van der Waals surface area contributed by atoms with Gasteiger partial charge in [0.1, 0.15) is 18.3 Å². The predicted molar refractivity (Wildman–Crippen MR) is 92.2 cm³/mol. The Morgan fingerprint density at radius 3 is 2.38 bits per heavy atom. The Morgan fingerprint density at radius 2 is 1.73 bits per heavy atom. The normalized spacial score (nSPS) is 38.3. The van der Waals surface area contributed by atoms with E-state index in [1.54, 1.807) is 12.1 Å². The van der Waals surface area contributed by atoms with Gasteiger partial charge < -0.3 is 23.7 Å². The highest BCUT2D eigenvalue weighted by Crippen LogP contribution is 2.44. The van der Waals surface area contributed by atoms with E-state index in [0.717, 1.165) is 0 Å². The Labute approximate surface area is 153 Å². The van der Waals surface area contributed by atoms with Crippen LogP contribution in [-0.2, 0) is 32.8 Å². The number of benzene rings is 1. The first kappa shape index (κ1) is 18.4. The van der Waals surface area contributed by atoms with Crippen molar-refractivity contribution >= 4 is 13.3 Å². The van der Waals surface area contributed by atoms with E-state index in [-0.39, 0.29) is 6.10 Å². The summed E-state index contributed by atoms with van der Waals surface area (Å²) in [5, 5.41) is 0.617. The first-order valence-corrected chi connectivity index (χ1v) is 9.94. The molecule has 1 unspecified atom stereocenters. The predicted octanol–water partition coefficient (Wildman–Crippen LogP) is 2.47. The van der Waals surface area contributed by atoms with E-state index in [1.165, 1.54) is 0 Å². The zero-order valence-electron chi connectivity index (χ0n) is 15.3. The number of rotatable bonds is 4. The maximum Gasteiger partial charge on any atom is 0.549 e. The topological polar surface area (TPSA) is 72.5 Å². The lowest BCUT2D eigenvalue weighted by atomic mass is 10.1. The van der Waals surface area contributed by atoms with Crippen molar-refractivity contribution in [2.75, 3.05) is 6.61 Å². The number of hydrogen-bond acceptors (Lipinski definition) is 7. The molecule has 0 amide bonds. The van der Waals surface area contributed by atoms with E-state index in [2.05, 4.69) is 0 Å². The third-order valence-electron chi connectivity index (χ3n) is 4.61. The van der Waals surface area contributed by atoms with Crippen molar-refractivity contribution in [1.82, 2.24) is 0 Å². The van der Waals surface area contributed by atoms with Crippen LogP contribution in [0.2, 0.25) is 0 Å². The lowest BCUT2D eigenvalue weighted by Gasteiger charge is -2.26. The summed E-state index contributed by atoms with van der Waals surface area (Å²) in [4.78, 5) is 0. The molecule has 142 valence electrons. The Kier molecular flexibility index (Phi) is 4.68. The van der Waals surface area contributed by atoms with Gasteiger partial charge >= 0.3 is 8.03 Å². The van der Waals surface area contributed by atoms with Crippen molar-refractivity contribution in [2.24, 2.45) is 0 Å². The van der Waals surface area contributed by atoms with Gasteiger partial charge in [-0.1, -0.05) is 18.2 Å². The molecule has 7 nitrogen and oxygen atoms in total. The second kappa shape index (κ2) is 6.60. The molecule has 3 aliphatic heterocycles. The summed E-state index contributed by atoms with van der Waals surface area (Å²) in [5.41, 5.74) is 0. The summed E-state index contributed by atoms with van der Waals surface area (Å²) in [6.45, 7) is 7.69. The molecule has 6 atom stereocenters. The molecule has 0 spiro atoms. The maximum atomic E-state index is 12.7. The van der Waals surface area contributed by atoms with Crippen molar-refractivity contribution in [3.8, 4) is 0 Å². The van der Waals surface area contributed by atoms with E-state index < -0.39 is 44.2 Å². The zero-order valence-corrected chi connectivity index (χ0v) is 16.2. The van der Waals surface area contributed by atoms with Crippen LogP contribution in [0.5, 0.6) is 0 Å². The van der Waals surface area contributed by atoms with Crippen molar-refractivity contribution in [3.05, 3.63) is 30.3 Å². The average Bonchev–Trinajstić information content (AvgIpc) is 3.18. The molecule has 1 aromatic rings. The Morgan fingerprint density at radius 1 is 1.00 bits per heavy atom. The van der Waals surface area contributed by atoms with Crippen molar-refractivity contribution < 1.29 is 32.8 Å². The average molecular weight is 383 g/mol. The van der Waals surface area contributed by atoms with Gasteiger partial charge in [0.05, 0.1) is 6.61 Å². The molecule has 0 bridgehead atoms. The summed E-state index contributed by atoms with van der Waals surface area (Å²) < 4.78 is 48.1. The summed E-state index contributed by atoms with van der Waals surface area (Å²) >= 11 is 0. The lowest BCUT2D eigenvalue weighted by Crippen LogP contribution is -2.43. The smallest absolute Gasteiger partial charge is 0.348 e. The monoisotopic (exact) mass is 383 g/mol. The summed E-state index contributed by atoms with van der Waals surface area (Å²) in [6, 6.07) is 9.06. The molecule has 3 aliphatic rings. The molecule has 3 saturated heterocycles. The van der Waals surface area contributed by atoms with Gasteiger partial charge in [0.15, 0.2) is 24.0 Å². The number of ether oxygens (including phenoxy) is 5. The zero-order chi connectivity index (χ0) is 18.5. The number of hydrogen-bond donors (Lipinski definition) is 0. The van der Waals surface area contributed by atoms with Gasteiger partial charge in [0, 0.05) is 0 Å². The minimum atomic E-state index is -2.07. The molecular formula is C18H24O7P+. The fourth-order valence-corrected chi connectivity index (χ4v) is 4.52. The van der Waals surface area contributed by atoms with E-state index in [4.69, 9.17) is 28.2 Å². The summed E-state index contributed by atoms with van der Waals surface area (Å²) in [6.07, 6.45) is -2.51. The van der Waals surface area contributed by atoms with Crippen LogP contribution in [-0.4, -0.2) is 48.9 Å². The second-order valence-corrected chi connectivity index (χ2v) is 8.84. The quantitative estimate of drug-likeness (QED) is 0.740. The van der Waals surface area contributed by atoms with Gasteiger partial charge in [0.25, 0.3) is 0 Å². The molecule has 0 aromatic heterocycles. The summed E-state index contributed by atoms with van der Waals surface area (Å²) in [7, 11) is -2.07. The fraction of sp³-hybridized carbons (Fsp3) is 0.667. The van der Waals surface area contributed by atoms with Gasteiger partial charge in [-0.2, -0.15) is 0 Å². The maximum absolute atomic E-state index is 12.7. The molecule has 0 N–H and O–H groups in total. The molecule has 3 heterocycles. The largest absolute Gasteiger partial charge is 0.549 e. The van der Waals surface area contributed by atoms with Gasteiger partial charge in [0.2, 0.25) is 5.30 Å². The van der Waals surface area contributed by atoms with Gasteiger partial charge in [-0.25, -0.2) is 0 Å². The van der Waals surface area contributed by atoms with Crippen LogP contribution in [0.25, 0.3) is 0 Å². The highest BCUT2D eigenvalue weighted by atomic mass is 31.1. The fourth-order valence-electron chi connectivity index (χ4n) is 3.52. The molecule has 0 radical (unpaired) electrons. The molecule has 8 heteroatoms. The molecule has 0 aliphatic carbocycles. The van der Waals surface area contributed by atoms with E-state index in [1.807, 2.05) is 45.9 Å². The van der Waals surface area contributed by atoms with Crippen LogP contribution in [0.1, 0.15) is 27.7 Å². The first-order chi connectivity index (χ1) is 12.2.